The first-order chi connectivity index (χ1) is 8.61. The highest BCUT2D eigenvalue weighted by atomic mass is 35.5. The van der Waals surface area contributed by atoms with E-state index in [9.17, 15) is 5.11 Å². The van der Waals surface area contributed by atoms with Crippen LogP contribution in [-0.2, 0) is 6.42 Å². The summed E-state index contributed by atoms with van der Waals surface area (Å²) in [5, 5.41) is 11.2. The Balaban J connectivity index is 2.28. The highest BCUT2D eigenvalue weighted by Gasteiger charge is 2.11. The van der Waals surface area contributed by atoms with Crippen molar-refractivity contribution < 1.29 is 5.11 Å². The summed E-state index contributed by atoms with van der Waals surface area (Å²) in [6, 6.07) is 13.1. The van der Waals surface area contributed by atoms with E-state index in [1.165, 1.54) is 5.56 Å². The molecule has 2 aromatic rings. The summed E-state index contributed by atoms with van der Waals surface area (Å²) in [6.07, 6.45) is 0.314. The van der Waals surface area contributed by atoms with Crippen molar-refractivity contribution in [3.63, 3.8) is 0 Å². The largest absolute Gasteiger partial charge is 0.384 e. The van der Waals surface area contributed by atoms with E-state index in [1.807, 2.05) is 24.3 Å². The Kier molecular flexibility index (Phi) is 4.28. The van der Waals surface area contributed by atoms with Crippen molar-refractivity contribution in [2.45, 2.75) is 19.4 Å². The van der Waals surface area contributed by atoms with Gasteiger partial charge in [0.05, 0.1) is 10.0 Å². The Bertz CT molecular complexity index is 535. The summed E-state index contributed by atoms with van der Waals surface area (Å²) < 4.78 is 0. The van der Waals surface area contributed by atoms with E-state index >= 15 is 0 Å². The summed E-state index contributed by atoms with van der Waals surface area (Å²) in [7, 11) is 0. The zero-order valence-electron chi connectivity index (χ0n) is 10.0. The highest BCUT2D eigenvalue weighted by Crippen LogP contribution is 2.28. The molecule has 0 saturated carbocycles. The molecule has 0 aliphatic carbocycles. The van der Waals surface area contributed by atoms with Crippen LogP contribution in [-0.4, -0.2) is 5.11 Å². The maximum absolute atomic E-state index is 10.3. The summed E-state index contributed by atoms with van der Waals surface area (Å²) in [4.78, 5) is 0. The topological polar surface area (TPSA) is 20.2 Å². The minimum Gasteiger partial charge on any atom is -0.384 e. The van der Waals surface area contributed by atoms with E-state index in [0.29, 0.717) is 10.0 Å². The lowest BCUT2D eigenvalue weighted by Gasteiger charge is -2.12. The molecule has 0 amide bonds. The molecule has 0 aromatic heterocycles. The first-order valence-corrected chi connectivity index (χ1v) is 6.59. The second-order valence-corrected chi connectivity index (χ2v) is 4.99. The molecule has 2 rings (SSSR count). The van der Waals surface area contributed by atoms with Crippen LogP contribution in [0.25, 0.3) is 0 Å². The van der Waals surface area contributed by atoms with Gasteiger partial charge in [-0.15, -0.1) is 0 Å². The molecule has 1 nitrogen and oxygen atoms in total. The zero-order chi connectivity index (χ0) is 13.1. The molecule has 94 valence electrons. The summed E-state index contributed by atoms with van der Waals surface area (Å²) in [6.45, 7) is 2.10. The smallest absolute Gasteiger partial charge is 0.104 e. The lowest BCUT2D eigenvalue weighted by Crippen LogP contribution is -1.99. The number of aliphatic hydroxyl groups excluding tert-OH is 1. The predicted molar refractivity (Wildman–Crippen MR) is 76.3 cm³/mol. The van der Waals surface area contributed by atoms with Gasteiger partial charge in [-0.1, -0.05) is 60.5 Å². The van der Waals surface area contributed by atoms with E-state index in [2.05, 4.69) is 6.92 Å². The van der Waals surface area contributed by atoms with E-state index < -0.39 is 6.10 Å². The van der Waals surface area contributed by atoms with Gasteiger partial charge in [0.15, 0.2) is 0 Å². The molecular weight excluding hydrogens is 267 g/mol. The van der Waals surface area contributed by atoms with Gasteiger partial charge < -0.3 is 5.11 Å². The lowest BCUT2D eigenvalue weighted by molar-refractivity contribution is 0.220. The molecule has 0 saturated heterocycles. The number of aryl methyl sites for hydroxylation is 1. The van der Waals surface area contributed by atoms with Gasteiger partial charge in [0.25, 0.3) is 0 Å². The standard InChI is InChI=1S/C15H14Cl2O/c1-2-10-3-5-11(6-4-10)15(18)12-7-8-13(16)14(17)9-12/h3-9,15,18H,2H2,1H3/t15-/m0/s1. The third kappa shape index (κ3) is 2.86. The van der Waals surface area contributed by atoms with Crippen molar-refractivity contribution >= 4 is 23.2 Å². The Labute approximate surface area is 117 Å². The van der Waals surface area contributed by atoms with E-state index in [1.54, 1.807) is 18.2 Å². The summed E-state index contributed by atoms with van der Waals surface area (Å²) in [5.41, 5.74) is 2.85. The molecule has 18 heavy (non-hydrogen) atoms. The monoisotopic (exact) mass is 280 g/mol. The van der Waals surface area contributed by atoms with Crippen LogP contribution in [0.5, 0.6) is 0 Å². The van der Waals surface area contributed by atoms with Crippen molar-refractivity contribution in [2.75, 3.05) is 0 Å². The fraction of sp³-hybridized carbons (Fsp3) is 0.200. The first-order valence-electron chi connectivity index (χ1n) is 5.83. The average molecular weight is 281 g/mol. The summed E-state index contributed by atoms with van der Waals surface area (Å²) >= 11 is 11.8. The van der Waals surface area contributed by atoms with Gasteiger partial charge in [0.2, 0.25) is 0 Å². The predicted octanol–water partition coefficient (Wildman–Crippen LogP) is 4.64. The van der Waals surface area contributed by atoms with E-state index in [4.69, 9.17) is 23.2 Å². The van der Waals surface area contributed by atoms with Crippen molar-refractivity contribution in [1.29, 1.82) is 0 Å². The van der Waals surface area contributed by atoms with Gasteiger partial charge in [-0.05, 0) is 35.2 Å². The SMILES string of the molecule is CCc1ccc([C@H](O)c2ccc(Cl)c(Cl)c2)cc1. The molecular formula is C15H14Cl2O. The molecule has 0 aliphatic rings. The van der Waals surface area contributed by atoms with Crippen molar-refractivity contribution in [3.05, 3.63) is 69.2 Å². The molecule has 0 fully saturated rings. The summed E-state index contributed by atoms with van der Waals surface area (Å²) in [5.74, 6) is 0. The molecule has 0 spiro atoms. The molecule has 0 radical (unpaired) electrons. The van der Waals surface area contributed by atoms with Crippen molar-refractivity contribution in [1.82, 2.24) is 0 Å². The molecule has 0 bridgehead atoms. The maximum atomic E-state index is 10.3. The second-order valence-electron chi connectivity index (χ2n) is 4.17. The van der Waals surface area contributed by atoms with Gasteiger partial charge in [0, 0.05) is 0 Å². The van der Waals surface area contributed by atoms with Gasteiger partial charge in [-0.2, -0.15) is 0 Å². The molecule has 0 aliphatic heterocycles. The molecule has 0 unspecified atom stereocenters. The number of hydrogen-bond acceptors (Lipinski definition) is 1. The molecule has 1 atom stereocenters. The average Bonchev–Trinajstić information content (AvgIpc) is 2.41. The maximum Gasteiger partial charge on any atom is 0.104 e. The molecule has 3 heteroatoms. The molecule has 1 N–H and O–H groups in total. The van der Waals surface area contributed by atoms with Crippen LogP contribution in [0.3, 0.4) is 0 Å². The van der Waals surface area contributed by atoms with Crippen LogP contribution >= 0.6 is 23.2 Å². The quantitative estimate of drug-likeness (QED) is 0.869. The normalized spacial score (nSPS) is 12.4. The van der Waals surface area contributed by atoms with Crippen LogP contribution in [0.2, 0.25) is 10.0 Å². The van der Waals surface area contributed by atoms with Crippen LogP contribution in [0, 0.1) is 0 Å². The van der Waals surface area contributed by atoms with Crippen LogP contribution in [0.15, 0.2) is 42.5 Å². The third-order valence-corrected chi connectivity index (χ3v) is 3.70. The van der Waals surface area contributed by atoms with Crippen molar-refractivity contribution in [2.24, 2.45) is 0 Å². The van der Waals surface area contributed by atoms with Crippen molar-refractivity contribution in [3.8, 4) is 0 Å². The number of aliphatic hydroxyl groups is 1. The number of halogens is 2. The van der Waals surface area contributed by atoms with Gasteiger partial charge in [0.1, 0.15) is 6.10 Å². The number of rotatable bonds is 3. The number of hydrogen-bond donors (Lipinski definition) is 1. The Hall–Kier alpha value is -1.02. The second kappa shape index (κ2) is 5.75. The fourth-order valence-electron chi connectivity index (χ4n) is 1.81. The van der Waals surface area contributed by atoms with Gasteiger partial charge >= 0.3 is 0 Å². The van der Waals surface area contributed by atoms with Crippen LogP contribution in [0.4, 0.5) is 0 Å². The lowest BCUT2D eigenvalue weighted by atomic mass is 10.00. The Morgan fingerprint density at radius 1 is 0.944 bits per heavy atom. The molecule has 2 aromatic carbocycles. The Morgan fingerprint density at radius 2 is 1.56 bits per heavy atom. The van der Waals surface area contributed by atoms with Gasteiger partial charge in [-0.25, -0.2) is 0 Å². The third-order valence-electron chi connectivity index (χ3n) is 2.96. The van der Waals surface area contributed by atoms with Crippen LogP contribution < -0.4 is 0 Å². The highest BCUT2D eigenvalue weighted by molar-refractivity contribution is 6.42. The van der Waals surface area contributed by atoms with E-state index in [-0.39, 0.29) is 0 Å². The first kappa shape index (κ1) is 13.4. The molecule has 0 heterocycles. The minimum atomic E-state index is -0.675. The number of benzene rings is 2. The van der Waals surface area contributed by atoms with Crippen LogP contribution in [0.1, 0.15) is 29.7 Å². The minimum absolute atomic E-state index is 0.457. The fourth-order valence-corrected chi connectivity index (χ4v) is 2.12. The van der Waals surface area contributed by atoms with Gasteiger partial charge in [-0.3, -0.25) is 0 Å². The zero-order valence-corrected chi connectivity index (χ0v) is 11.5. The van der Waals surface area contributed by atoms with E-state index in [0.717, 1.165) is 17.5 Å². The Morgan fingerprint density at radius 3 is 2.11 bits per heavy atom.